The lowest BCUT2D eigenvalue weighted by Crippen LogP contribution is -2.36. The van der Waals surface area contributed by atoms with Crippen LogP contribution in [0.3, 0.4) is 0 Å². The van der Waals surface area contributed by atoms with E-state index in [0.717, 1.165) is 5.82 Å². The number of carbonyl (C=O) groups is 1. The zero-order valence-corrected chi connectivity index (χ0v) is 13.3. The summed E-state index contributed by atoms with van der Waals surface area (Å²) >= 11 is 0. The number of pyridine rings is 1. The number of carbonyl (C=O) groups excluding carboxylic acids is 1. The first-order valence-electron chi connectivity index (χ1n) is 7.34. The third-order valence-corrected chi connectivity index (χ3v) is 3.20. The lowest BCUT2D eigenvalue weighted by atomic mass is 10.1. The average Bonchev–Trinajstić information content (AvgIpc) is 3.05. The van der Waals surface area contributed by atoms with Crippen molar-refractivity contribution in [1.82, 2.24) is 19.4 Å². The summed E-state index contributed by atoms with van der Waals surface area (Å²) in [6.45, 7) is 5.99. The first-order valence-corrected chi connectivity index (χ1v) is 7.34. The van der Waals surface area contributed by atoms with Crippen LogP contribution in [0.15, 0.2) is 37.1 Å². The molecule has 0 bridgehead atoms. The lowest BCUT2D eigenvalue weighted by Gasteiger charge is -2.24. The molecule has 0 aliphatic heterocycles. The number of rotatable bonds is 7. The summed E-state index contributed by atoms with van der Waals surface area (Å²) in [5.41, 5.74) is 0.584. The quantitative estimate of drug-likeness (QED) is 0.785. The molecule has 0 saturated heterocycles. The molecule has 0 fully saturated rings. The van der Waals surface area contributed by atoms with Crippen LogP contribution < -0.4 is 0 Å². The Bertz CT molecular complexity index is 579. The van der Waals surface area contributed by atoms with Gasteiger partial charge in [-0.05, 0) is 18.1 Å². The normalized spacial score (nSPS) is 10.9. The molecule has 0 spiro atoms. The summed E-state index contributed by atoms with van der Waals surface area (Å²) in [6.07, 6.45) is 6.79. The van der Waals surface area contributed by atoms with Crippen LogP contribution >= 0.6 is 0 Å². The molecule has 118 valence electrons. The molecule has 6 heteroatoms. The topological polar surface area (TPSA) is 60.2 Å². The number of aromatic nitrogens is 3. The van der Waals surface area contributed by atoms with Gasteiger partial charge in [0.15, 0.2) is 0 Å². The molecule has 0 saturated carbocycles. The lowest BCUT2D eigenvalue weighted by molar-refractivity contribution is 0.0672. The van der Waals surface area contributed by atoms with Crippen molar-refractivity contribution in [1.29, 1.82) is 0 Å². The predicted octanol–water partition coefficient (Wildman–Crippen LogP) is 2.01. The number of nitrogens with zero attached hydrogens (tertiary/aromatic N) is 4. The molecule has 0 aliphatic rings. The summed E-state index contributed by atoms with van der Waals surface area (Å²) in [4.78, 5) is 22.7. The minimum Gasteiger partial charge on any atom is -0.383 e. The van der Waals surface area contributed by atoms with Crippen LogP contribution in [-0.2, 0) is 4.74 Å². The Hall–Kier alpha value is -2.21. The van der Waals surface area contributed by atoms with Gasteiger partial charge < -0.3 is 9.64 Å². The predicted molar refractivity (Wildman–Crippen MR) is 84.0 cm³/mol. The van der Waals surface area contributed by atoms with Crippen molar-refractivity contribution < 1.29 is 9.53 Å². The Balaban J connectivity index is 2.12. The van der Waals surface area contributed by atoms with E-state index in [9.17, 15) is 4.79 Å². The largest absolute Gasteiger partial charge is 0.383 e. The van der Waals surface area contributed by atoms with Crippen molar-refractivity contribution in [3.05, 3.63) is 42.6 Å². The fraction of sp³-hybridized carbons (Fsp3) is 0.438. The summed E-state index contributed by atoms with van der Waals surface area (Å²) in [5, 5.41) is 0. The standard InChI is InChI=1S/C16H22N4O2/c1-13(2)11-19(8-9-22-3)16(21)14-4-5-15(18-10-14)20-7-6-17-12-20/h4-7,10,12-13H,8-9,11H2,1-3H3. The van der Waals surface area contributed by atoms with Crippen molar-refractivity contribution >= 4 is 5.91 Å². The average molecular weight is 302 g/mol. The monoisotopic (exact) mass is 302 g/mol. The van der Waals surface area contributed by atoms with E-state index in [0.29, 0.717) is 31.2 Å². The maximum absolute atomic E-state index is 12.6. The summed E-state index contributed by atoms with van der Waals surface area (Å²) < 4.78 is 6.88. The second-order valence-electron chi connectivity index (χ2n) is 5.51. The zero-order valence-electron chi connectivity index (χ0n) is 13.3. The highest BCUT2D eigenvalue weighted by atomic mass is 16.5. The molecule has 0 radical (unpaired) electrons. The van der Waals surface area contributed by atoms with Crippen LogP contribution in [0.2, 0.25) is 0 Å². The summed E-state index contributed by atoms with van der Waals surface area (Å²) in [5.74, 6) is 1.12. The van der Waals surface area contributed by atoms with Gasteiger partial charge in [-0.15, -0.1) is 0 Å². The molecule has 0 unspecified atom stereocenters. The van der Waals surface area contributed by atoms with Gasteiger partial charge in [-0.2, -0.15) is 0 Å². The van der Waals surface area contributed by atoms with Crippen LogP contribution in [0.4, 0.5) is 0 Å². The Kier molecular flexibility index (Phi) is 5.66. The third kappa shape index (κ3) is 4.14. The number of hydrogen-bond acceptors (Lipinski definition) is 4. The number of hydrogen-bond donors (Lipinski definition) is 0. The zero-order chi connectivity index (χ0) is 15.9. The first kappa shape index (κ1) is 16.2. The van der Waals surface area contributed by atoms with E-state index in [1.165, 1.54) is 0 Å². The molecule has 6 nitrogen and oxygen atoms in total. The molecule has 0 aromatic carbocycles. The molecule has 2 aromatic rings. The van der Waals surface area contributed by atoms with Gasteiger partial charge in [0, 0.05) is 38.8 Å². The molecule has 2 heterocycles. The van der Waals surface area contributed by atoms with Crippen molar-refractivity contribution in [2.24, 2.45) is 5.92 Å². The van der Waals surface area contributed by atoms with E-state index in [1.807, 2.05) is 17.2 Å². The molecule has 0 N–H and O–H groups in total. The Morgan fingerprint density at radius 1 is 1.41 bits per heavy atom. The third-order valence-electron chi connectivity index (χ3n) is 3.20. The summed E-state index contributed by atoms with van der Waals surface area (Å²) in [7, 11) is 1.64. The molecule has 22 heavy (non-hydrogen) atoms. The highest BCUT2D eigenvalue weighted by Gasteiger charge is 2.17. The smallest absolute Gasteiger partial charge is 0.255 e. The van der Waals surface area contributed by atoms with E-state index in [4.69, 9.17) is 4.74 Å². The minimum absolute atomic E-state index is 0.0181. The molecule has 1 amide bonds. The van der Waals surface area contributed by atoms with Crippen molar-refractivity contribution in [3.63, 3.8) is 0 Å². The summed E-state index contributed by atoms with van der Waals surface area (Å²) in [6, 6.07) is 3.61. The minimum atomic E-state index is -0.0181. The molecule has 2 aromatic heterocycles. The Morgan fingerprint density at radius 2 is 2.23 bits per heavy atom. The van der Waals surface area contributed by atoms with E-state index < -0.39 is 0 Å². The second-order valence-corrected chi connectivity index (χ2v) is 5.51. The van der Waals surface area contributed by atoms with Gasteiger partial charge in [-0.3, -0.25) is 9.36 Å². The fourth-order valence-corrected chi connectivity index (χ4v) is 2.16. The van der Waals surface area contributed by atoms with Crippen LogP contribution in [-0.4, -0.2) is 52.1 Å². The molecule has 0 aliphatic carbocycles. The highest BCUT2D eigenvalue weighted by molar-refractivity contribution is 5.94. The van der Waals surface area contributed by atoms with Gasteiger partial charge in [0.2, 0.25) is 0 Å². The van der Waals surface area contributed by atoms with Crippen molar-refractivity contribution in [2.75, 3.05) is 26.8 Å². The Labute approximate surface area is 130 Å². The van der Waals surface area contributed by atoms with E-state index >= 15 is 0 Å². The van der Waals surface area contributed by atoms with E-state index in [1.54, 1.807) is 36.5 Å². The van der Waals surface area contributed by atoms with E-state index in [-0.39, 0.29) is 5.91 Å². The second kappa shape index (κ2) is 7.70. The highest BCUT2D eigenvalue weighted by Crippen LogP contribution is 2.10. The molecule has 2 rings (SSSR count). The van der Waals surface area contributed by atoms with Crippen molar-refractivity contribution in [2.45, 2.75) is 13.8 Å². The van der Waals surface area contributed by atoms with Gasteiger partial charge in [0.25, 0.3) is 5.91 Å². The van der Waals surface area contributed by atoms with Gasteiger partial charge >= 0.3 is 0 Å². The molecule has 0 atom stereocenters. The van der Waals surface area contributed by atoms with Gasteiger partial charge in [-0.1, -0.05) is 13.8 Å². The maximum Gasteiger partial charge on any atom is 0.255 e. The van der Waals surface area contributed by atoms with Gasteiger partial charge in [-0.25, -0.2) is 9.97 Å². The number of ether oxygens (including phenoxy) is 1. The van der Waals surface area contributed by atoms with Crippen LogP contribution in [0.5, 0.6) is 0 Å². The maximum atomic E-state index is 12.6. The van der Waals surface area contributed by atoms with Gasteiger partial charge in [0.05, 0.1) is 12.2 Å². The molecular formula is C16H22N4O2. The van der Waals surface area contributed by atoms with E-state index in [2.05, 4.69) is 23.8 Å². The van der Waals surface area contributed by atoms with Crippen LogP contribution in [0, 0.1) is 5.92 Å². The molecular weight excluding hydrogens is 280 g/mol. The van der Waals surface area contributed by atoms with Crippen LogP contribution in [0.25, 0.3) is 5.82 Å². The SMILES string of the molecule is COCCN(CC(C)C)C(=O)c1ccc(-n2ccnc2)nc1. The van der Waals surface area contributed by atoms with Crippen LogP contribution in [0.1, 0.15) is 24.2 Å². The number of amides is 1. The first-order chi connectivity index (χ1) is 10.6. The fourth-order valence-electron chi connectivity index (χ4n) is 2.16. The number of methoxy groups -OCH3 is 1. The van der Waals surface area contributed by atoms with Crippen molar-refractivity contribution in [3.8, 4) is 5.82 Å². The Morgan fingerprint density at radius 3 is 2.77 bits per heavy atom. The number of imidazole rings is 1. The van der Waals surface area contributed by atoms with Gasteiger partial charge in [0.1, 0.15) is 12.1 Å².